The van der Waals surface area contributed by atoms with E-state index in [0.717, 1.165) is 5.56 Å². The van der Waals surface area contributed by atoms with Crippen molar-refractivity contribution in [2.24, 2.45) is 5.92 Å². The van der Waals surface area contributed by atoms with Crippen molar-refractivity contribution >= 4 is 33.9 Å². The molecule has 0 bridgehead atoms. The van der Waals surface area contributed by atoms with Crippen molar-refractivity contribution in [1.29, 1.82) is 0 Å². The predicted octanol–water partition coefficient (Wildman–Crippen LogP) is 4.06. The van der Waals surface area contributed by atoms with Gasteiger partial charge in [0.15, 0.2) is 12.4 Å². The van der Waals surface area contributed by atoms with Gasteiger partial charge in [-0.15, -0.1) is 11.3 Å². The number of esters is 1. The van der Waals surface area contributed by atoms with Crippen LogP contribution in [0.2, 0.25) is 0 Å². The van der Waals surface area contributed by atoms with Crippen molar-refractivity contribution in [2.75, 3.05) is 25.6 Å². The molecule has 30 heavy (non-hydrogen) atoms. The maximum atomic E-state index is 12.4. The first-order valence-corrected chi connectivity index (χ1v) is 10.2. The molecular weight excluding hydrogens is 412 g/mol. The van der Waals surface area contributed by atoms with Crippen LogP contribution in [-0.2, 0) is 16.0 Å². The predicted molar refractivity (Wildman–Crippen MR) is 113 cm³/mol. The second-order valence-corrected chi connectivity index (χ2v) is 7.59. The number of rotatable bonds is 10. The molecule has 1 N–H and O–H groups in total. The molecule has 0 unspecified atom stereocenters. The molecule has 2 rings (SSSR count). The fourth-order valence-electron chi connectivity index (χ4n) is 2.70. The lowest BCUT2D eigenvalue weighted by atomic mass is 10.0. The Balaban J connectivity index is 2.14. The number of nitro benzene ring substituents is 1. The zero-order valence-corrected chi connectivity index (χ0v) is 18.0. The molecule has 0 atom stereocenters. The van der Waals surface area contributed by atoms with Crippen molar-refractivity contribution in [3.8, 4) is 11.5 Å². The summed E-state index contributed by atoms with van der Waals surface area (Å²) in [5, 5.41) is 16.0. The molecule has 9 nitrogen and oxygen atoms in total. The van der Waals surface area contributed by atoms with Gasteiger partial charge in [0.1, 0.15) is 10.8 Å². The number of nitrogens with one attached hydrogen (secondary N) is 1. The van der Waals surface area contributed by atoms with Crippen LogP contribution in [0.5, 0.6) is 11.5 Å². The van der Waals surface area contributed by atoms with E-state index in [1.807, 2.05) is 19.2 Å². The van der Waals surface area contributed by atoms with E-state index in [9.17, 15) is 19.7 Å². The van der Waals surface area contributed by atoms with Crippen LogP contribution in [0.1, 0.15) is 36.7 Å². The van der Waals surface area contributed by atoms with Gasteiger partial charge in [-0.25, -0.2) is 4.79 Å². The van der Waals surface area contributed by atoms with E-state index in [1.54, 1.807) is 6.92 Å². The summed E-state index contributed by atoms with van der Waals surface area (Å²) in [4.78, 5) is 35.4. The van der Waals surface area contributed by atoms with Gasteiger partial charge < -0.3 is 19.5 Å². The number of nitrogens with zero attached hydrogens (tertiary/aromatic N) is 1. The third kappa shape index (κ3) is 5.93. The quantitative estimate of drug-likeness (QED) is 0.339. The Kier molecular flexibility index (Phi) is 8.16. The number of nitro groups is 1. The Morgan fingerprint density at radius 1 is 1.30 bits per heavy atom. The lowest BCUT2D eigenvalue weighted by Crippen LogP contribution is -2.21. The van der Waals surface area contributed by atoms with E-state index in [-0.39, 0.29) is 18.0 Å². The van der Waals surface area contributed by atoms with Crippen LogP contribution < -0.4 is 14.8 Å². The Bertz CT molecular complexity index is 924. The molecule has 0 saturated carbocycles. The number of thiophene rings is 1. The van der Waals surface area contributed by atoms with E-state index in [2.05, 4.69) is 5.32 Å². The van der Waals surface area contributed by atoms with Crippen molar-refractivity contribution in [1.82, 2.24) is 0 Å². The van der Waals surface area contributed by atoms with E-state index < -0.39 is 23.4 Å². The minimum Gasteiger partial charge on any atom is -0.496 e. The Morgan fingerprint density at radius 3 is 2.63 bits per heavy atom. The van der Waals surface area contributed by atoms with Gasteiger partial charge in [-0.2, -0.15) is 0 Å². The van der Waals surface area contributed by atoms with Crippen LogP contribution in [0.15, 0.2) is 23.6 Å². The number of amides is 1. The van der Waals surface area contributed by atoms with Crippen LogP contribution in [0, 0.1) is 16.0 Å². The summed E-state index contributed by atoms with van der Waals surface area (Å²) in [6.07, 6.45) is 0.662. The molecule has 0 radical (unpaired) electrons. The minimum atomic E-state index is -0.619. The Morgan fingerprint density at radius 2 is 2.03 bits per heavy atom. The number of hydrogen-bond acceptors (Lipinski definition) is 8. The van der Waals surface area contributed by atoms with Crippen LogP contribution in [-0.4, -0.2) is 37.1 Å². The SMILES string of the molecule is CCOC(=O)c1c(CC(C)C)csc1NC(=O)COc1ccc(OC)cc1[N+](=O)[O-]. The molecule has 1 amide bonds. The highest BCUT2D eigenvalue weighted by atomic mass is 32.1. The molecule has 1 aromatic carbocycles. The number of carbonyl (C=O) groups is 2. The van der Waals surface area contributed by atoms with Crippen LogP contribution in [0.4, 0.5) is 10.7 Å². The summed E-state index contributed by atoms with van der Waals surface area (Å²) in [5.41, 5.74) is 0.819. The number of anilines is 1. The van der Waals surface area contributed by atoms with E-state index >= 15 is 0 Å². The van der Waals surface area contributed by atoms with Crippen LogP contribution >= 0.6 is 11.3 Å². The largest absolute Gasteiger partial charge is 0.496 e. The molecule has 0 fully saturated rings. The second-order valence-electron chi connectivity index (χ2n) is 6.71. The summed E-state index contributed by atoms with van der Waals surface area (Å²) in [6, 6.07) is 4.07. The summed E-state index contributed by atoms with van der Waals surface area (Å²) in [5.74, 6) is -0.502. The highest BCUT2D eigenvalue weighted by Gasteiger charge is 2.23. The number of carbonyl (C=O) groups excluding carboxylic acids is 2. The number of methoxy groups -OCH3 is 1. The first-order chi connectivity index (χ1) is 14.3. The monoisotopic (exact) mass is 436 g/mol. The van der Waals surface area contributed by atoms with Crippen molar-refractivity contribution in [2.45, 2.75) is 27.2 Å². The first kappa shape index (κ1) is 23.1. The van der Waals surface area contributed by atoms with Crippen LogP contribution in [0.3, 0.4) is 0 Å². The molecule has 1 aromatic heterocycles. The lowest BCUT2D eigenvalue weighted by Gasteiger charge is -2.11. The highest BCUT2D eigenvalue weighted by Crippen LogP contribution is 2.32. The van der Waals surface area contributed by atoms with Crippen LogP contribution in [0.25, 0.3) is 0 Å². The van der Waals surface area contributed by atoms with Gasteiger partial charge in [-0.1, -0.05) is 13.8 Å². The summed E-state index contributed by atoms with van der Waals surface area (Å²) < 4.78 is 15.4. The van der Waals surface area contributed by atoms with E-state index in [1.165, 1.54) is 36.6 Å². The Hall–Kier alpha value is -3.14. The van der Waals surface area contributed by atoms with E-state index in [4.69, 9.17) is 14.2 Å². The van der Waals surface area contributed by atoms with Crippen molar-refractivity contribution < 1.29 is 28.7 Å². The van der Waals surface area contributed by atoms with Crippen molar-refractivity contribution in [3.63, 3.8) is 0 Å². The van der Waals surface area contributed by atoms with Gasteiger partial charge in [-0.05, 0) is 42.3 Å². The standard InChI is InChI=1S/C20H24N2O7S/c1-5-28-20(24)18-13(8-12(2)3)11-30-19(18)21-17(23)10-29-16-7-6-14(27-4)9-15(16)22(25)26/h6-7,9,11-12H,5,8,10H2,1-4H3,(H,21,23). The van der Waals surface area contributed by atoms with Gasteiger partial charge in [0.25, 0.3) is 5.91 Å². The molecule has 162 valence electrons. The van der Waals surface area contributed by atoms with Gasteiger partial charge in [-0.3, -0.25) is 14.9 Å². The number of ether oxygens (including phenoxy) is 3. The molecule has 0 aliphatic carbocycles. The minimum absolute atomic E-state index is 0.0618. The lowest BCUT2D eigenvalue weighted by molar-refractivity contribution is -0.385. The van der Waals surface area contributed by atoms with Crippen molar-refractivity contribution in [3.05, 3.63) is 44.8 Å². The highest BCUT2D eigenvalue weighted by molar-refractivity contribution is 7.15. The zero-order chi connectivity index (χ0) is 22.3. The number of hydrogen-bond donors (Lipinski definition) is 1. The number of benzene rings is 1. The average molecular weight is 436 g/mol. The Labute approximate surface area is 178 Å². The zero-order valence-electron chi connectivity index (χ0n) is 17.2. The summed E-state index contributed by atoms with van der Waals surface area (Å²) in [6.45, 7) is 5.52. The molecule has 0 saturated heterocycles. The maximum absolute atomic E-state index is 12.4. The van der Waals surface area contributed by atoms with Gasteiger partial charge in [0.05, 0.1) is 30.3 Å². The molecule has 0 aliphatic heterocycles. The molecule has 1 heterocycles. The fraction of sp³-hybridized carbons (Fsp3) is 0.400. The molecule has 10 heteroatoms. The summed E-state index contributed by atoms with van der Waals surface area (Å²) in [7, 11) is 1.39. The molecular formula is C20H24N2O7S. The normalized spacial score (nSPS) is 10.6. The smallest absolute Gasteiger partial charge is 0.341 e. The summed E-state index contributed by atoms with van der Waals surface area (Å²) >= 11 is 1.22. The average Bonchev–Trinajstić information content (AvgIpc) is 3.07. The van der Waals surface area contributed by atoms with Gasteiger partial charge in [0, 0.05) is 0 Å². The third-order valence-electron chi connectivity index (χ3n) is 3.95. The van der Waals surface area contributed by atoms with Gasteiger partial charge >= 0.3 is 11.7 Å². The fourth-order valence-corrected chi connectivity index (χ4v) is 3.68. The first-order valence-electron chi connectivity index (χ1n) is 9.29. The second kappa shape index (κ2) is 10.6. The topological polar surface area (TPSA) is 117 Å². The molecule has 0 aliphatic rings. The third-order valence-corrected chi connectivity index (χ3v) is 4.89. The molecule has 0 spiro atoms. The maximum Gasteiger partial charge on any atom is 0.341 e. The van der Waals surface area contributed by atoms with E-state index in [0.29, 0.717) is 28.7 Å². The molecule has 2 aromatic rings. The van der Waals surface area contributed by atoms with Gasteiger partial charge in [0.2, 0.25) is 0 Å².